The Morgan fingerprint density at radius 1 is 1.40 bits per heavy atom. The van der Waals surface area contributed by atoms with Gasteiger partial charge < -0.3 is 4.74 Å². The number of aromatic nitrogens is 2. The van der Waals surface area contributed by atoms with Gasteiger partial charge in [0.05, 0.1) is 7.11 Å². The third-order valence-electron chi connectivity index (χ3n) is 3.73. The smallest absolute Gasteiger partial charge is 0.138 e. The summed E-state index contributed by atoms with van der Waals surface area (Å²) in [5.74, 6) is 0.894. The van der Waals surface area contributed by atoms with Gasteiger partial charge in [-0.2, -0.15) is 0 Å². The highest BCUT2D eigenvalue weighted by molar-refractivity contribution is 7.10. The van der Waals surface area contributed by atoms with Crippen LogP contribution in [0.1, 0.15) is 30.1 Å². The Bertz CT molecular complexity index is 572. The molecule has 106 valence electrons. The molecule has 0 bridgehead atoms. The van der Waals surface area contributed by atoms with E-state index in [1.807, 2.05) is 12.1 Å². The molecule has 0 aliphatic carbocycles. The van der Waals surface area contributed by atoms with E-state index >= 15 is 0 Å². The molecule has 6 heteroatoms. The molecule has 0 radical (unpaired) electrons. The largest absolute Gasteiger partial charge is 0.497 e. The predicted molar refractivity (Wildman–Crippen MR) is 80.3 cm³/mol. The number of methoxy groups -OCH3 is 1. The van der Waals surface area contributed by atoms with Gasteiger partial charge in [-0.15, -0.1) is 5.10 Å². The Morgan fingerprint density at radius 2 is 2.20 bits per heavy atom. The van der Waals surface area contributed by atoms with Gasteiger partial charge in [-0.3, -0.25) is 4.90 Å². The normalized spacial score (nSPS) is 19.4. The van der Waals surface area contributed by atoms with Crippen LogP contribution < -0.4 is 4.74 Å². The Kier molecular flexibility index (Phi) is 4.19. The fourth-order valence-corrected chi connectivity index (χ4v) is 3.31. The number of ether oxygens (including phenoxy) is 1. The first-order chi connectivity index (χ1) is 9.78. The Balaban J connectivity index is 1.76. The molecule has 1 aromatic carbocycles. The van der Waals surface area contributed by atoms with Gasteiger partial charge in [0.1, 0.15) is 15.8 Å². The standard InChI is InChI=1S/C14H16ClN3OS/c1-19-11-6-4-10(5-7-11)13-3-2-8-18(13)9-12-14(15)20-17-16-12/h4-7,13H,2-3,8-9H2,1H3. The van der Waals surface area contributed by atoms with E-state index in [0.717, 1.165) is 24.5 Å². The summed E-state index contributed by atoms with van der Waals surface area (Å²) < 4.78 is 9.81. The van der Waals surface area contributed by atoms with Crippen LogP contribution in [0.3, 0.4) is 0 Å². The zero-order chi connectivity index (χ0) is 13.9. The molecule has 0 spiro atoms. The molecular weight excluding hydrogens is 294 g/mol. The SMILES string of the molecule is COc1ccc(C2CCCN2Cc2nnsc2Cl)cc1. The van der Waals surface area contributed by atoms with Crippen LogP contribution in [-0.2, 0) is 6.54 Å². The summed E-state index contributed by atoms with van der Waals surface area (Å²) >= 11 is 7.35. The molecule has 2 aromatic rings. The topological polar surface area (TPSA) is 38.2 Å². The Labute approximate surface area is 127 Å². The van der Waals surface area contributed by atoms with Crippen molar-refractivity contribution in [2.75, 3.05) is 13.7 Å². The molecular formula is C14H16ClN3OS. The summed E-state index contributed by atoms with van der Waals surface area (Å²) in [7, 11) is 1.69. The summed E-state index contributed by atoms with van der Waals surface area (Å²) in [6, 6.07) is 8.75. The van der Waals surface area contributed by atoms with Gasteiger partial charge in [-0.05, 0) is 37.1 Å². The van der Waals surface area contributed by atoms with Crippen molar-refractivity contribution in [1.82, 2.24) is 14.5 Å². The molecule has 1 fully saturated rings. The lowest BCUT2D eigenvalue weighted by atomic mass is 10.0. The van der Waals surface area contributed by atoms with Crippen LogP contribution >= 0.6 is 23.1 Å². The predicted octanol–water partition coefficient (Wildman–Crippen LogP) is 3.54. The van der Waals surface area contributed by atoms with Gasteiger partial charge in [0, 0.05) is 24.1 Å². The van der Waals surface area contributed by atoms with E-state index in [2.05, 4.69) is 26.6 Å². The van der Waals surface area contributed by atoms with Crippen molar-refractivity contribution in [2.45, 2.75) is 25.4 Å². The maximum Gasteiger partial charge on any atom is 0.138 e. The molecule has 3 rings (SSSR count). The second-order valence-corrected chi connectivity index (χ2v) is 6.25. The second-order valence-electron chi connectivity index (χ2n) is 4.89. The molecule has 4 nitrogen and oxygen atoms in total. The average molecular weight is 310 g/mol. The molecule has 1 unspecified atom stereocenters. The van der Waals surface area contributed by atoms with E-state index in [1.54, 1.807) is 7.11 Å². The van der Waals surface area contributed by atoms with E-state index in [9.17, 15) is 0 Å². The average Bonchev–Trinajstić information content (AvgIpc) is 3.09. The summed E-state index contributed by atoms with van der Waals surface area (Å²) in [5.41, 5.74) is 2.21. The van der Waals surface area contributed by atoms with Crippen molar-refractivity contribution in [3.05, 3.63) is 39.9 Å². The molecule has 0 saturated carbocycles. The Morgan fingerprint density at radius 3 is 2.85 bits per heavy atom. The minimum atomic E-state index is 0.429. The van der Waals surface area contributed by atoms with Crippen LogP contribution in [0.5, 0.6) is 5.75 Å². The third kappa shape index (κ3) is 2.80. The van der Waals surface area contributed by atoms with E-state index in [0.29, 0.717) is 10.4 Å². The Hall–Kier alpha value is -1.17. The van der Waals surface area contributed by atoms with Crippen molar-refractivity contribution in [3.8, 4) is 5.75 Å². The molecule has 2 heterocycles. The summed E-state index contributed by atoms with van der Waals surface area (Å²) in [4.78, 5) is 2.42. The fourth-order valence-electron chi connectivity index (χ4n) is 2.70. The van der Waals surface area contributed by atoms with E-state index in [1.165, 1.54) is 29.9 Å². The lowest BCUT2D eigenvalue weighted by Gasteiger charge is -2.24. The highest BCUT2D eigenvalue weighted by Gasteiger charge is 2.27. The molecule has 1 aromatic heterocycles. The summed E-state index contributed by atoms with van der Waals surface area (Å²) in [6.07, 6.45) is 2.37. The van der Waals surface area contributed by atoms with Crippen molar-refractivity contribution < 1.29 is 4.74 Å². The van der Waals surface area contributed by atoms with Gasteiger partial charge >= 0.3 is 0 Å². The second kappa shape index (κ2) is 6.08. The van der Waals surface area contributed by atoms with Crippen molar-refractivity contribution >= 4 is 23.1 Å². The minimum Gasteiger partial charge on any atom is -0.497 e. The van der Waals surface area contributed by atoms with Gasteiger partial charge in [0.2, 0.25) is 0 Å². The zero-order valence-corrected chi connectivity index (χ0v) is 12.8. The van der Waals surface area contributed by atoms with Gasteiger partial charge in [0.15, 0.2) is 0 Å². The summed E-state index contributed by atoms with van der Waals surface area (Å²) in [5, 5.41) is 4.11. The van der Waals surface area contributed by atoms with Gasteiger partial charge in [0.25, 0.3) is 0 Å². The maximum atomic E-state index is 6.10. The lowest BCUT2D eigenvalue weighted by molar-refractivity contribution is 0.245. The number of hydrogen-bond acceptors (Lipinski definition) is 5. The molecule has 20 heavy (non-hydrogen) atoms. The number of likely N-dealkylation sites (tertiary alicyclic amines) is 1. The van der Waals surface area contributed by atoms with Crippen molar-refractivity contribution in [1.29, 1.82) is 0 Å². The van der Waals surface area contributed by atoms with E-state index in [-0.39, 0.29) is 0 Å². The number of rotatable bonds is 4. The van der Waals surface area contributed by atoms with Crippen molar-refractivity contribution in [2.24, 2.45) is 0 Å². The summed E-state index contributed by atoms with van der Waals surface area (Å²) in [6.45, 7) is 1.84. The highest BCUT2D eigenvalue weighted by atomic mass is 35.5. The number of benzene rings is 1. The van der Waals surface area contributed by atoms with Crippen LogP contribution in [0.25, 0.3) is 0 Å². The molecule has 0 N–H and O–H groups in total. The monoisotopic (exact) mass is 309 g/mol. The highest BCUT2D eigenvalue weighted by Crippen LogP contribution is 2.34. The van der Waals surface area contributed by atoms with Gasteiger partial charge in [-0.1, -0.05) is 28.2 Å². The lowest BCUT2D eigenvalue weighted by Crippen LogP contribution is -2.23. The van der Waals surface area contributed by atoms with Crippen molar-refractivity contribution in [3.63, 3.8) is 0 Å². The molecule has 1 aliphatic rings. The van der Waals surface area contributed by atoms with Crippen LogP contribution in [0.15, 0.2) is 24.3 Å². The molecule has 1 atom stereocenters. The van der Waals surface area contributed by atoms with E-state index < -0.39 is 0 Å². The van der Waals surface area contributed by atoms with Crippen LogP contribution in [0.4, 0.5) is 0 Å². The van der Waals surface area contributed by atoms with Crippen LogP contribution in [0, 0.1) is 0 Å². The molecule has 1 saturated heterocycles. The first-order valence-corrected chi connectivity index (χ1v) is 7.78. The molecule has 1 aliphatic heterocycles. The van der Waals surface area contributed by atoms with Gasteiger partial charge in [-0.25, -0.2) is 0 Å². The quantitative estimate of drug-likeness (QED) is 0.866. The first kappa shape index (κ1) is 13.8. The third-order valence-corrected chi connectivity index (χ3v) is 4.71. The number of halogens is 1. The maximum absolute atomic E-state index is 6.10. The molecule has 0 amide bonds. The minimum absolute atomic E-state index is 0.429. The number of hydrogen-bond donors (Lipinski definition) is 0. The van der Waals surface area contributed by atoms with Crippen LogP contribution in [0.2, 0.25) is 4.34 Å². The number of nitrogens with zero attached hydrogens (tertiary/aromatic N) is 3. The van der Waals surface area contributed by atoms with E-state index in [4.69, 9.17) is 16.3 Å². The fraction of sp³-hybridized carbons (Fsp3) is 0.429. The van der Waals surface area contributed by atoms with Crippen LogP contribution in [-0.4, -0.2) is 28.1 Å². The first-order valence-electron chi connectivity index (χ1n) is 6.62. The zero-order valence-electron chi connectivity index (χ0n) is 11.3.